The van der Waals surface area contributed by atoms with Gasteiger partial charge in [0, 0.05) is 13.0 Å². The minimum Gasteiger partial charge on any atom is -0.462 e. The summed E-state index contributed by atoms with van der Waals surface area (Å²) in [5.41, 5.74) is 0. The van der Waals surface area contributed by atoms with Crippen LogP contribution in [0, 0.1) is 0 Å². The quantitative estimate of drug-likeness (QED) is 0.830. The summed E-state index contributed by atoms with van der Waals surface area (Å²) in [6.45, 7) is 0.923. The summed E-state index contributed by atoms with van der Waals surface area (Å²) in [5, 5.41) is 13.1. The molecule has 2 heterocycles. The minimum atomic E-state index is 0.790. The van der Waals surface area contributed by atoms with Gasteiger partial charge in [-0.2, -0.15) is 0 Å². The van der Waals surface area contributed by atoms with Crippen LogP contribution in [0.3, 0.4) is 0 Å². The predicted molar refractivity (Wildman–Crippen MR) is 55.2 cm³/mol. The Morgan fingerprint density at radius 3 is 3.14 bits per heavy atom. The van der Waals surface area contributed by atoms with Gasteiger partial charge in [0.25, 0.3) is 0 Å². The molecule has 0 aliphatic carbocycles. The molecule has 0 bridgehead atoms. The standard InChI is InChI=1S/C9H11N3OS/c1-10-5-4-8-11-12-9(14-8)7-3-2-6-13-7/h2-3,6,10H,4-5H2,1H3. The summed E-state index contributed by atoms with van der Waals surface area (Å²) in [4.78, 5) is 0. The van der Waals surface area contributed by atoms with Crippen LogP contribution < -0.4 is 5.32 Å². The molecule has 0 saturated carbocycles. The highest BCUT2D eigenvalue weighted by molar-refractivity contribution is 7.14. The maximum absolute atomic E-state index is 5.23. The minimum absolute atomic E-state index is 0.790. The summed E-state index contributed by atoms with van der Waals surface area (Å²) < 4.78 is 5.23. The number of furan rings is 1. The van der Waals surface area contributed by atoms with Crippen molar-refractivity contribution in [2.24, 2.45) is 0 Å². The molecule has 0 unspecified atom stereocenters. The van der Waals surface area contributed by atoms with Crippen molar-refractivity contribution in [3.63, 3.8) is 0 Å². The van der Waals surface area contributed by atoms with E-state index in [4.69, 9.17) is 4.42 Å². The summed E-state index contributed by atoms with van der Waals surface area (Å²) in [6.07, 6.45) is 2.55. The number of likely N-dealkylation sites (N-methyl/N-ethyl adjacent to an activating group) is 1. The third kappa shape index (κ3) is 2.00. The lowest BCUT2D eigenvalue weighted by atomic mass is 10.4. The molecule has 0 radical (unpaired) electrons. The van der Waals surface area contributed by atoms with Gasteiger partial charge in [-0.1, -0.05) is 11.3 Å². The van der Waals surface area contributed by atoms with Gasteiger partial charge in [-0.25, -0.2) is 0 Å². The molecule has 0 atom stereocenters. The Morgan fingerprint density at radius 1 is 1.50 bits per heavy atom. The monoisotopic (exact) mass is 209 g/mol. The van der Waals surface area contributed by atoms with Crippen LogP contribution in [0.1, 0.15) is 5.01 Å². The Morgan fingerprint density at radius 2 is 2.43 bits per heavy atom. The molecule has 74 valence electrons. The normalized spacial score (nSPS) is 10.6. The van der Waals surface area contributed by atoms with E-state index >= 15 is 0 Å². The molecule has 4 nitrogen and oxygen atoms in total. The maximum atomic E-state index is 5.23. The molecule has 0 aliphatic heterocycles. The lowest BCUT2D eigenvalue weighted by Gasteiger charge is -1.91. The van der Waals surface area contributed by atoms with E-state index in [9.17, 15) is 0 Å². The second-order valence-corrected chi connectivity index (χ2v) is 3.89. The van der Waals surface area contributed by atoms with Crippen LogP contribution in [0.5, 0.6) is 0 Å². The fourth-order valence-corrected chi connectivity index (χ4v) is 1.89. The average Bonchev–Trinajstić information content (AvgIpc) is 2.85. The SMILES string of the molecule is CNCCc1nnc(-c2ccco2)s1. The number of nitrogens with zero attached hydrogens (tertiary/aromatic N) is 2. The molecule has 2 rings (SSSR count). The van der Waals surface area contributed by atoms with E-state index in [-0.39, 0.29) is 0 Å². The molecule has 2 aromatic heterocycles. The third-order valence-corrected chi connectivity index (χ3v) is 2.79. The Bertz CT molecular complexity index is 382. The molecular weight excluding hydrogens is 198 g/mol. The Kier molecular flexibility index (Phi) is 2.90. The first kappa shape index (κ1) is 9.36. The maximum Gasteiger partial charge on any atom is 0.183 e. The van der Waals surface area contributed by atoms with E-state index in [0.717, 1.165) is 28.7 Å². The van der Waals surface area contributed by atoms with Gasteiger partial charge in [0.2, 0.25) is 0 Å². The first-order valence-electron chi connectivity index (χ1n) is 4.41. The zero-order valence-electron chi connectivity index (χ0n) is 7.86. The van der Waals surface area contributed by atoms with Crippen molar-refractivity contribution in [3.8, 4) is 10.8 Å². The van der Waals surface area contributed by atoms with Crippen molar-refractivity contribution in [1.29, 1.82) is 0 Å². The van der Waals surface area contributed by atoms with Crippen LogP contribution in [-0.2, 0) is 6.42 Å². The van der Waals surface area contributed by atoms with Crippen molar-refractivity contribution < 1.29 is 4.42 Å². The molecule has 2 aromatic rings. The van der Waals surface area contributed by atoms with Gasteiger partial charge in [0.1, 0.15) is 5.01 Å². The van der Waals surface area contributed by atoms with E-state index in [2.05, 4.69) is 15.5 Å². The lowest BCUT2D eigenvalue weighted by Crippen LogP contribution is -2.09. The second-order valence-electron chi connectivity index (χ2n) is 2.83. The van der Waals surface area contributed by atoms with Crippen molar-refractivity contribution in [2.75, 3.05) is 13.6 Å². The number of hydrogen-bond acceptors (Lipinski definition) is 5. The highest BCUT2D eigenvalue weighted by Gasteiger charge is 2.07. The molecule has 0 spiro atoms. The van der Waals surface area contributed by atoms with Gasteiger partial charge in [-0.15, -0.1) is 10.2 Å². The lowest BCUT2D eigenvalue weighted by molar-refractivity contribution is 0.581. The van der Waals surface area contributed by atoms with Gasteiger partial charge in [-0.05, 0) is 19.2 Å². The first-order chi connectivity index (χ1) is 6.90. The Balaban J connectivity index is 2.10. The summed E-state index contributed by atoms with van der Waals surface area (Å²) in [7, 11) is 1.93. The molecule has 0 saturated heterocycles. The van der Waals surface area contributed by atoms with Crippen LogP contribution >= 0.6 is 11.3 Å². The summed E-state index contributed by atoms with van der Waals surface area (Å²) >= 11 is 1.57. The van der Waals surface area contributed by atoms with Gasteiger partial charge in [0.15, 0.2) is 10.8 Å². The Hall–Kier alpha value is -1.20. The highest BCUT2D eigenvalue weighted by atomic mass is 32.1. The van der Waals surface area contributed by atoms with Crippen LogP contribution in [0.2, 0.25) is 0 Å². The van der Waals surface area contributed by atoms with Crippen LogP contribution in [0.25, 0.3) is 10.8 Å². The van der Waals surface area contributed by atoms with Gasteiger partial charge in [0.05, 0.1) is 6.26 Å². The fourth-order valence-electron chi connectivity index (χ4n) is 1.09. The van der Waals surface area contributed by atoms with Crippen molar-refractivity contribution in [3.05, 3.63) is 23.4 Å². The van der Waals surface area contributed by atoms with Crippen molar-refractivity contribution in [2.45, 2.75) is 6.42 Å². The molecule has 0 amide bonds. The molecule has 0 aromatic carbocycles. The van der Waals surface area contributed by atoms with E-state index < -0.39 is 0 Å². The number of aromatic nitrogens is 2. The first-order valence-corrected chi connectivity index (χ1v) is 5.22. The van der Waals surface area contributed by atoms with Gasteiger partial charge < -0.3 is 9.73 Å². The molecule has 0 aliphatic rings. The topological polar surface area (TPSA) is 51.0 Å². The average molecular weight is 209 g/mol. The largest absolute Gasteiger partial charge is 0.462 e. The van der Waals surface area contributed by atoms with Gasteiger partial charge >= 0.3 is 0 Å². The predicted octanol–water partition coefficient (Wildman–Crippen LogP) is 1.56. The van der Waals surface area contributed by atoms with E-state index in [1.807, 2.05) is 19.2 Å². The fraction of sp³-hybridized carbons (Fsp3) is 0.333. The number of hydrogen-bond donors (Lipinski definition) is 1. The molecule has 1 N–H and O–H groups in total. The zero-order valence-corrected chi connectivity index (χ0v) is 8.67. The Labute approximate surface area is 86.0 Å². The molecule has 0 fully saturated rings. The number of nitrogens with one attached hydrogen (secondary N) is 1. The van der Waals surface area contributed by atoms with E-state index in [0.29, 0.717) is 0 Å². The summed E-state index contributed by atoms with van der Waals surface area (Å²) in [5.74, 6) is 0.790. The smallest absolute Gasteiger partial charge is 0.183 e. The highest BCUT2D eigenvalue weighted by Crippen LogP contribution is 2.23. The second kappa shape index (κ2) is 4.34. The molecule has 14 heavy (non-hydrogen) atoms. The number of rotatable bonds is 4. The van der Waals surface area contributed by atoms with E-state index in [1.165, 1.54) is 0 Å². The third-order valence-electron chi connectivity index (χ3n) is 1.79. The zero-order chi connectivity index (χ0) is 9.80. The van der Waals surface area contributed by atoms with Crippen molar-refractivity contribution >= 4 is 11.3 Å². The summed E-state index contributed by atoms with van der Waals surface area (Å²) in [6, 6.07) is 3.74. The van der Waals surface area contributed by atoms with Crippen LogP contribution in [0.4, 0.5) is 0 Å². The van der Waals surface area contributed by atoms with E-state index in [1.54, 1.807) is 17.6 Å². The van der Waals surface area contributed by atoms with Crippen molar-refractivity contribution in [1.82, 2.24) is 15.5 Å². The van der Waals surface area contributed by atoms with Crippen LogP contribution in [-0.4, -0.2) is 23.8 Å². The molecule has 5 heteroatoms. The van der Waals surface area contributed by atoms with Crippen LogP contribution in [0.15, 0.2) is 22.8 Å². The molecular formula is C9H11N3OS. The van der Waals surface area contributed by atoms with Gasteiger partial charge in [-0.3, -0.25) is 0 Å².